The highest BCUT2D eigenvalue weighted by Gasteiger charge is 2.20. The van der Waals surface area contributed by atoms with E-state index in [1.165, 1.54) is 5.56 Å². The van der Waals surface area contributed by atoms with Crippen LogP contribution in [0.15, 0.2) is 53.5 Å². The Hall–Kier alpha value is -2.16. The second kappa shape index (κ2) is 10.9. The molecule has 3 rings (SSSR count). The predicted octanol–water partition coefficient (Wildman–Crippen LogP) is 2.86. The summed E-state index contributed by atoms with van der Waals surface area (Å²) in [7, 11) is 3.45. The number of hydrogen-bond acceptors (Lipinski definition) is 4. The first-order valence-corrected chi connectivity index (χ1v) is 8.75. The van der Waals surface area contributed by atoms with Crippen LogP contribution in [0.2, 0.25) is 0 Å². The molecule has 0 amide bonds. The number of para-hydroxylation sites is 3. The van der Waals surface area contributed by atoms with Crippen molar-refractivity contribution in [1.82, 2.24) is 10.6 Å². The van der Waals surface area contributed by atoms with Crippen molar-refractivity contribution in [1.29, 1.82) is 0 Å². The number of halogens is 1. The smallest absolute Gasteiger partial charge is 0.191 e. The van der Waals surface area contributed by atoms with Gasteiger partial charge in [-0.2, -0.15) is 0 Å². The van der Waals surface area contributed by atoms with Crippen molar-refractivity contribution in [3.05, 3.63) is 54.1 Å². The van der Waals surface area contributed by atoms with Crippen LogP contribution in [0.1, 0.15) is 5.56 Å². The number of benzene rings is 2. The van der Waals surface area contributed by atoms with Crippen LogP contribution in [0.5, 0.6) is 17.2 Å². The third kappa shape index (κ3) is 5.92. The van der Waals surface area contributed by atoms with E-state index in [9.17, 15) is 0 Å². The van der Waals surface area contributed by atoms with Crippen LogP contribution in [0, 0.1) is 0 Å². The largest absolute Gasteiger partial charge is 0.496 e. The molecule has 1 aliphatic heterocycles. The molecule has 0 radical (unpaired) electrons. The summed E-state index contributed by atoms with van der Waals surface area (Å²) in [5, 5.41) is 6.60. The zero-order valence-electron chi connectivity index (χ0n) is 15.6. The van der Waals surface area contributed by atoms with Crippen LogP contribution in [-0.2, 0) is 6.42 Å². The number of methoxy groups -OCH3 is 1. The molecule has 1 aliphatic rings. The van der Waals surface area contributed by atoms with Crippen LogP contribution < -0.4 is 24.8 Å². The first-order chi connectivity index (χ1) is 12.8. The molecule has 0 aliphatic carbocycles. The summed E-state index contributed by atoms with van der Waals surface area (Å²) in [5.74, 6) is 3.22. The van der Waals surface area contributed by atoms with E-state index in [0.717, 1.165) is 36.2 Å². The van der Waals surface area contributed by atoms with Gasteiger partial charge in [0.25, 0.3) is 0 Å². The molecule has 0 spiro atoms. The monoisotopic (exact) mass is 483 g/mol. The molecule has 0 saturated heterocycles. The maximum absolute atomic E-state index is 5.94. The van der Waals surface area contributed by atoms with Crippen molar-refractivity contribution in [2.75, 3.05) is 33.9 Å². The third-order valence-electron chi connectivity index (χ3n) is 4.17. The maximum atomic E-state index is 5.94. The van der Waals surface area contributed by atoms with Gasteiger partial charge in [0.2, 0.25) is 0 Å². The van der Waals surface area contributed by atoms with Gasteiger partial charge in [-0.05, 0) is 30.2 Å². The van der Waals surface area contributed by atoms with Gasteiger partial charge in [-0.15, -0.1) is 24.0 Å². The van der Waals surface area contributed by atoms with E-state index in [2.05, 4.69) is 21.7 Å². The van der Waals surface area contributed by atoms with Crippen molar-refractivity contribution in [2.24, 2.45) is 4.99 Å². The van der Waals surface area contributed by atoms with Crippen LogP contribution in [0.25, 0.3) is 0 Å². The Morgan fingerprint density at radius 3 is 2.63 bits per heavy atom. The number of ether oxygens (including phenoxy) is 3. The SMILES string of the molecule is CN=C(NCCc1ccccc1OC)NCC1COc2ccccc2O1.I. The molecule has 2 aromatic carbocycles. The minimum absolute atomic E-state index is 0. The predicted molar refractivity (Wildman–Crippen MR) is 118 cm³/mol. The van der Waals surface area contributed by atoms with Crippen molar-refractivity contribution in [2.45, 2.75) is 12.5 Å². The molecule has 1 atom stereocenters. The van der Waals surface area contributed by atoms with Crippen LogP contribution >= 0.6 is 24.0 Å². The van der Waals surface area contributed by atoms with E-state index >= 15 is 0 Å². The molecule has 6 nitrogen and oxygen atoms in total. The first kappa shape index (κ1) is 21.1. The molecule has 146 valence electrons. The Bertz CT molecular complexity index is 755. The molecule has 2 aromatic rings. The number of guanidine groups is 1. The number of nitrogens with zero attached hydrogens (tertiary/aromatic N) is 1. The normalized spacial score (nSPS) is 15.5. The van der Waals surface area contributed by atoms with E-state index < -0.39 is 0 Å². The van der Waals surface area contributed by atoms with E-state index in [0.29, 0.717) is 13.2 Å². The van der Waals surface area contributed by atoms with E-state index in [-0.39, 0.29) is 30.1 Å². The molecular formula is C20H26IN3O3. The number of nitrogens with one attached hydrogen (secondary N) is 2. The van der Waals surface area contributed by atoms with Crippen LogP contribution in [0.3, 0.4) is 0 Å². The van der Waals surface area contributed by atoms with Gasteiger partial charge in [-0.1, -0.05) is 30.3 Å². The van der Waals surface area contributed by atoms with Crippen molar-refractivity contribution < 1.29 is 14.2 Å². The Kier molecular flexibility index (Phi) is 8.50. The second-order valence-corrected chi connectivity index (χ2v) is 5.94. The van der Waals surface area contributed by atoms with E-state index in [1.807, 2.05) is 42.5 Å². The summed E-state index contributed by atoms with van der Waals surface area (Å²) < 4.78 is 17.1. The van der Waals surface area contributed by atoms with Gasteiger partial charge < -0.3 is 24.8 Å². The highest BCUT2D eigenvalue weighted by Crippen LogP contribution is 2.30. The van der Waals surface area contributed by atoms with Crippen LogP contribution in [0.4, 0.5) is 0 Å². The lowest BCUT2D eigenvalue weighted by atomic mass is 10.1. The quantitative estimate of drug-likeness (QED) is 0.376. The Morgan fingerprint density at radius 1 is 1.11 bits per heavy atom. The topological polar surface area (TPSA) is 64.1 Å². The summed E-state index contributed by atoms with van der Waals surface area (Å²) in [4.78, 5) is 4.26. The number of hydrogen-bond donors (Lipinski definition) is 2. The molecule has 2 N–H and O–H groups in total. The highest BCUT2D eigenvalue weighted by molar-refractivity contribution is 14.0. The Morgan fingerprint density at radius 2 is 1.85 bits per heavy atom. The lowest BCUT2D eigenvalue weighted by Gasteiger charge is -2.27. The minimum Gasteiger partial charge on any atom is -0.496 e. The lowest BCUT2D eigenvalue weighted by molar-refractivity contribution is 0.0936. The van der Waals surface area contributed by atoms with E-state index in [1.54, 1.807) is 14.2 Å². The van der Waals surface area contributed by atoms with Gasteiger partial charge in [0.05, 0.1) is 13.7 Å². The van der Waals surface area contributed by atoms with E-state index in [4.69, 9.17) is 14.2 Å². The Labute approximate surface area is 177 Å². The molecule has 0 bridgehead atoms. The fourth-order valence-electron chi connectivity index (χ4n) is 2.82. The first-order valence-electron chi connectivity index (χ1n) is 8.75. The number of rotatable bonds is 6. The van der Waals surface area contributed by atoms with Gasteiger partial charge in [0.1, 0.15) is 18.5 Å². The molecule has 0 aromatic heterocycles. The van der Waals surface area contributed by atoms with Crippen molar-refractivity contribution in [3.63, 3.8) is 0 Å². The molecule has 0 saturated carbocycles. The fourth-order valence-corrected chi connectivity index (χ4v) is 2.82. The molecule has 7 heteroatoms. The standard InChI is InChI=1S/C20H25N3O3.HI/c1-21-20(22-12-11-15-7-3-4-8-17(15)24-2)23-13-16-14-25-18-9-5-6-10-19(18)26-16;/h3-10,16H,11-14H2,1-2H3,(H2,21,22,23);1H. The average molecular weight is 483 g/mol. The molecule has 1 heterocycles. The summed E-state index contributed by atoms with van der Waals surface area (Å²) in [6, 6.07) is 15.7. The van der Waals surface area contributed by atoms with Gasteiger partial charge in [-0.25, -0.2) is 0 Å². The van der Waals surface area contributed by atoms with Gasteiger partial charge >= 0.3 is 0 Å². The zero-order chi connectivity index (χ0) is 18.2. The number of fused-ring (bicyclic) bond motifs is 1. The molecule has 0 fully saturated rings. The summed E-state index contributed by atoms with van der Waals surface area (Å²) in [6.07, 6.45) is 0.791. The average Bonchev–Trinajstić information content (AvgIpc) is 2.70. The lowest BCUT2D eigenvalue weighted by Crippen LogP contribution is -2.45. The van der Waals surface area contributed by atoms with Crippen LogP contribution in [-0.4, -0.2) is 45.9 Å². The summed E-state index contributed by atoms with van der Waals surface area (Å²) >= 11 is 0. The minimum atomic E-state index is -0.0577. The molecular weight excluding hydrogens is 457 g/mol. The fraction of sp³-hybridized carbons (Fsp3) is 0.350. The summed E-state index contributed by atoms with van der Waals surface area (Å²) in [6.45, 7) is 1.88. The third-order valence-corrected chi connectivity index (χ3v) is 4.17. The highest BCUT2D eigenvalue weighted by atomic mass is 127. The molecule has 1 unspecified atom stereocenters. The maximum Gasteiger partial charge on any atom is 0.191 e. The van der Waals surface area contributed by atoms with Crippen molar-refractivity contribution >= 4 is 29.9 Å². The van der Waals surface area contributed by atoms with Gasteiger partial charge in [0.15, 0.2) is 17.5 Å². The Balaban J connectivity index is 0.00000261. The zero-order valence-corrected chi connectivity index (χ0v) is 17.9. The van der Waals surface area contributed by atoms with Gasteiger partial charge in [0, 0.05) is 13.6 Å². The molecule has 27 heavy (non-hydrogen) atoms. The summed E-state index contributed by atoms with van der Waals surface area (Å²) in [5.41, 5.74) is 1.17. The second-order valence-electron chi connectivity index (χ2n) is 5.94. The van der Waals surface area contributed by atoms with Gasteiger partial charge in [-0.3, -0.25) is 4.99 Å². The van der Waals surface area contributed by atoms with Crippen molar-refractivity contribution in [3.8, 4) is 17.2 Å². The number of aliphatic imine (C=N–C) groups is 1.